The molecule has 0 bridgehead atoms. The lowest BCUT2D eigenvalue weighted by Crippen LogP contribution is -2.48. The van der Waals surface area contributed by atoms with E-state index in [1.54, 1.807) is 24.3 Å². The molecule has 2 aromatic carbocycles. The van der Waals surface area contributed by atoms with Gasteiger partial charge in [-0.05, 0) is 38.1 Å². The van der Waals surface area contributed by atoms with Gasteiger partial charge in [-0.2, -0.15) is 0 Å². The molecule has 6 nitrogen and oxygen atoms in total. The topological polar surface area (TPSA) is 54.0 Å². The molecule has 0 atom stereocenters. The van der Waals surface area contributed by atoms with Crippen LogP contribution in [0.1, 0.15) is 13.8 Å². The molecule has 1 aliphatic rings. The van der Waals surface area contributed by atoms with E-state index < -0.39 is 0 Å². The minimum atomic E-state index is -0.212. The predicted octanol–water partition coefficient (Wildman–Crippen LogP) is 3.81. The Morgan fingerprint density at radius 3 is 2.40 bits per heavy atom. The highest BCUT2D eigenvalue weighted by Crippen LogP contribution is 2.29. The molecule has 164 valence electrons. The predicted molar refractivity (Wildman–Crippen MR) is 120 cm³/mol. The zero-order chi connectivity index (χ0) is 20.6. The Morgan fingerprint density at radius 1 is 1.03 bits per heavy atom. The van der Waals surface area contributed by atoms with E-state index in [1.165, 1.54) is 6.07 Å². The summed E-state index contributed by atoms with van der Waals surface area (Å²) in [5, 5.41) is 2.93. The molecule has 8 heteroatoms. The highest BCUT2D eigenvalue weighted by molar-refractivity contribution is 5.94. The van der Waals surface area contributed by atoms with Gasteiger partial charge in [0.15, 0.2) is 0 Å². The molecule has 0 unspecified atom stereocenters. The van der Waals surface area contributed by atoms with Crippen LogP contribution in [0, 0.1) is 5.82 Å². The number of nitrogens with one attached hydrogen (secondary N) is 1. The van der Waals surface area contributed by atoms with E-state index in [-0.39, 0.29) is 30.7 Å². The first-order valence-corrected chi connectivity index (χ1v) is 10.0. The minimum Gasteiger partial charge on any atom is -0.494 e. The van der Waals surface area contributed by atoms with Gasteiger partial charge in [0.2, 0.25) is 5.91 Å². The molecule has 0 aliphatic carbocycles. The number of ether oxygens (including phenoxy) is 2. The molecule has 1 heterocycles. The lowest BCUT2D eigenvalue weighted by atomic mass is 10.2. The maximum absolute atomic E-state index is 14.0. The number of halogens is 2. The highest BCUT2D eigenvalue weighted by atomic mass is 35.5. The summed E-state index contributed by atoms with van der Waals surface area (Å²) in [6, 6.07) is 12.2. The quantitative estimate of drug-likeness (QED) is 0.680. The first-order chi connectivity index (χ1) is 14.1. The van der Waals surface area contributed by atoms with Crippen LogP contribution in [0.3, 0.4) is 0 Å². The third-order valence-electron chi connectivity index (χ3n) is 4.77. The Morgan fingerprint density at radius 2 is 1.73 bits per heavy atom. The number of piperazine rings is 1. The standard InChI is InChI=1S/C22H28FN3O3.ClH/c1-3-28-17-9-10-21(29-4-2)19(15-17)24-22(27)16-25-11-13-26(14-12-25)20-8-6-5-7-18(20)23;/h5-10,15H,3-4,11-14,16H2,1-2H3,(H,24,27);1H. The van der Waals surface area contributed by atoms with Crippen molar-refractivity contribution in [1.82, 2.24) is 4.90 Å². The number of hydrogen-bond acceptors (Lipinski definition) is 5. The molecule has 0 radical (unpaired) electrons. The minimum absolute atomic E-state index is 0. The van der Waals surface area contributed by atoms with Crippen LogP contribution < -0.4 is 19.7 Å². The lowest BCUT2D eigenvalue weighted by molar-refractivity contribution is -0.117. The summed E-state index contributed by atoms with van der Waals surface area (Å²) < 4.78 is 25.1. The third-order valence-corrected chi connectivity index (χ3v) is 4.77. The molecule has 0 saturated carbocycles. The fourth-order valence-electron chi connectivity index (χ4n) is 3.39. The fourth-order valence-corrected chi connectivity index (χ4v) is 3.39. The number of hydrogen-bond donors (Lipinski definition) is 1. The fraction of sp³-hybridized carbons (Fsp3) is 0.409. The smallest absolute Gasteiger partial charge is 0.238 e. The van der Waals surface area contributed by atoms with Crippen molar-refractivity contribution in [2.45, 2.75) is 13.8 Å². The van der Waals surface area contributed by atoms with E-state index in [9.17, 15) is 9.18 Å². The second-order valence-corrected chi connectivity index (χ2v) is 6.79. The van der Waals surface area contributed by atoms with Crippen LogP contribution in [-0.4, -0.2) is 56.7 Å². The normalized spacial score (nSPS) is 14.0. The first kappa shape index (κ1) is 23.8. The van der Waals surface area contributed by atoms with Crippen molar-refractivity contribution in [1.29, 1.82) is 0 Å². The zero-order valence-corrected chi connectivity index (χ0v) is 18.2. The second kappa shape index (κ2) is 11.6. The van der Waals surface area contributed by atoms with Gasteiger partial charge in [-0.15, -0.1) is 12.4 Å². The molecular formula is C22H29ClFN3O3. The van der Waals surface area contributed by atoms with E-state index >= 15 is 0 Å². The Labute approximate surface area is 183 Å². The first-order valence-electron chi connectivity index (χ1n) is 10.0. The Hall–Kier alpha value is -2.51. The van der Waals surface area contributed by atoms with Crippen molar-refractivity contribution in [3.05, 3.63) is 48.3 Å². The number of benzene rings is 2. The van der Waals surface area contributed by atoms with Gasteiger partial charge in [0.1, 0.15) is 17.3 Å². The van der Waals surface area contributed by atoms with Crippen LogP contribution >= 0.6 is 12.4 Å². The molecule has 0 spiro atoms. The van der Waals surface area contributed by atoms with Crippen LogP contribution in [0.25, 0.3) is 0 Å². The molecule has 1 aliphatic heterocycles. The number of amides is 1. The molecular weight excluding hydrogens is 409 g/mol. The maximum atomic E-state index is 14.0. The summed E-state index contributed by atoms with van der Waals surface area (Å²) in [4.78, 5) is 16.7. The van der Waals surface area contributed by atoms with Crippen LogP contribution in [0.15, 0.2) is 42.5 Å². The number of anilines is 2. The Balaban J connectivity index is 0.00000320. The van der Waals surface area contributed by atoms with Crippen LogP contribution in [-0.2, 0) is 4.79 Å². The van der Waals surface area contributed by atoms with Gasteiger partial charge in [-0.25, -0.2) is 4.39 Å². The number of rotatable bonds is 8. The van der Waals surface area contributed by atoms with E-state index in [4.69, 9.17) is 9.47 Å². The average molecular weight is 438 g/mol. The van der Waals surface area contributed by atoms with E-state index in [0.717, 1.165) is 0 Å². The Kier molecular flexibility index (Phi) is 9.20. The summed E-state index contributed by atoms with van der Waals surface area (Å²) in [5.41, 5.74) is 1.22. The van der Waals surface area contributed by atoms with Gasteiger partial charge in [-0.3, -0.25) is 9.69 Å². The summed E-state index contributed by atoms with van der Waals surface area (Å²) >= 11 is 0. The Bertz CT molecular complexity index is 829. The van der Waals surface area contributed by atoms with E-state index in [2.05, 4.69) is 10.2 Å². The van der Waals surface area contributed by atoms with Crippen LogP contribution in [0.4, 0.5) is 15.8 Å². The molecule has 0 aromatic heterocycles. The SMILES string of the molecule is CCOc1ccc(OCC)c(NC(=O)CN2CCN(c3ccccc3F)CC2)c1.Cl. The van der Waals surface area contributed by atoms with Crippen molar-refractivity contribution in [3.8, 4) is 11.5 Å². The molecule has 1 N–H and O–H groups in total. The van der Waals surface area contributed by atoms with E-state index in [1.807, 2.05) is 30.9 Å². The zero-order valence-electron chi connectivity index (χ0n) is 17.4. The van der Waals surface area contributed by atoms with Crippen molar-refractivity contribution >= 4 is 29.7 Å². The molecule has 1 fully saturated rings. The molecule has 1 amide bonds. The molecule has 3 rings (SSSR count). The highest BCUT2D eigenvalue weighted by Gasteiger charge is 2.21. The van der Waals surface area contributed by atoms with Gasteiger partial charge >= 0.3 is 0 Å². The van der Waals surface area contributed by atoms with Gasteiger partial charge in [0.25, 0.3) is 0 Å². The summed E-state index contributed by atoms with van der Waals surface area (Å²) in [6.45, 7) is 7.89. The third kappa shape index (κ3) is 6.24. The summed E-state index contributed by atoms with van der Waals surface area (Å²) in [6.07, 6.45) is 0. The van der Waals surface area contributed by atoms with Crippen molar-refractivity contribution in [3.63, 3.8) is 0 Å². The number of nitrogens with zero attached hydrogens (tertiary/aromatic N) is 2. The number of para-hydroxylation sites is 1. The van der Waals surface area contributed by atoms with Crippen molar-refractivity contribution in [2.75, 3.05) is 56.2 Å². The second-order valence-electron chi connectivity index (χ2n) is 6.79. The average Bonchev–Trinajstić information content (AvgIpc) is 2.71. The number of carbonyl (C=O) groups excluding carboxylic acids is 1. The summed E-state index contributed by atoms with van der Waals surface area (Å²) in [5.74, 6) is 0.980. The van der Waals surface area contributed by atoms with Crippen molar-refractivity contribution in [2.24, 2.45) is 0 Å². The van der Waals surface area contributed by atoms with Crippen LogP contribution in [0.5, 0.6) is 11.5 Å². The lowest BCUT2D eigenvalue weighted by Gasteiger charge is -2.35. The van der Waals surface area contributed by atoms with Crippen molar-refractivity contribution < 1.29 is 18.7 Å². The number of carbonyl (C=O) groups is 1. The molecule has 2 aromatic rings. The van der Waals surface area contributed by atoms with Gasteiger partial charge in [-0.1, -0.05) is 12.1 Å². The largest absolute Gasteiger partial charge is 0.494 e. The summed E-state index contributed by atoms with van der Waals surface area (Å²) in [7, 11) is 0. The maximum Gasteiger partial charge on any atom is 0.238 e. The van der Waals surface area contributed by atoms with Gasteiger partial charge in [0, 0.05) is 32.2 Å². The molecule has 1 saturated heterocycles. The van der Waals surface area contributed by atoms with Gasteiger partial charge in [0.05, 0.1) is 31.1 Å². The van der Waals surface area contributed by atoms with E-state index in [0.29, 0.717) is 62.3 Å². The van der Waals surface area contributed by atoms with Crippen LogP contribution in [0.2, 0.25) is 0 Å². The van der Waals surface area contributed by atoms with Gasteiger partial charge < -0.3 is 19.7 Å². The monoisotopic (exact) mass is 437 g/mol. The molecule has 30 heavy (non-hydrogen) atoms.